The van der Waals surface area contributed by atoms with E-state index >= 15 is 0 Å². The van der Waals surface area contributed by atoms with Crippen LogP contribution < -0.4 is 4.74 Å². The maximum absolute atomic E-state index is 11.5. The summed E-state index contributed by atoms with van der Waals surface area (Å²) in [4.78, 5) is 11.5. The standard InChI is InChI=1S/C13H11BrO3S/c14-11-2-1-3-12(8-11)16-5-6-17-13(15)10-4-7-18-9-10/h1-4,7-9H,5-6H2. The van der Waals surface area contributed by atoms with Crippen LogP contribution in [0.4, 0.5) is 0 Å². The molecule has 2 aromatic rings. The zero-order valence-electron chi connectivity index (χ0n) is 9.47. The van der Waals surface area contributed by atoms with Crippen molar-refractivity contribution in [2.75, 3.05) is 13.2 Å². The average Bonchev–Trinajstić information content (AvgIpc) is 2.88. The van der Waals surface area contributed by atoms with Crippen molar-refractivity contribution in [1.29, 1.82) is 0 Å². The summed E-state index contributed by atoms with van der Waals surface area (Å²) in [5.74, 6) is 0.435. The summed E-state index contributed by atoms with van der Waals surface area (Å²) in [6.45, 7) is 0.577. The van der Waals surface area contributed by atoms with Crippen molar-refractivity contribution in [3.05, 3.63) is 51.1 Å². The van der Waals surface area contributed by atoms with Crippen LogP contribution in [0.15, 0.2) is 45.6 Å². The molecule has 0 amide bonds. The molecule has 0 bridgehead atoms. The number of ether oxygens (including phenoxy) is 2. The van der Waals surface area contributed by atoms with Crippen LogP contribution in [0.25, 0.3) is 0 Å². The third kappa shape index (κ3) is 3.85. The molecule has 0 aliphatic heterocycles. The molecule has 18 heavy (non-hydrogen) atoms. The van der Waals surface area contributed by atoms with Crippen molar-refractivity contribution in [3.8, 4) is 5.75 Å². The van der Waals surface area contributed by atoms with Gasteiger partial charge >= 0.3 is 5.97 Å². The van der Waals surface area contributed by atoms with Crippen molar-refractivity contribution < 1.29 is 14.3 Å². The summed E-state index contributed by atoms with van der Waals surface area (Å²) in [5, 5.41) is 3.60. The number of halogens is 1. The highest BCUT2D eigenvalue weighted by Gasteiger charge is 2.06. The molecule has 5 heteroatoms. The van der Waals surface area contributed by atoms with Gasteiger partial charge in [-0.3, -0.25) is 0 Å². The fourth-order valence-electron chi connectivity index (χ4n) is 1.31. The van der Waals surface area contributed by atoms with Crippen molar-refractivity contribution >= 4 is 33.2 Å². The molecule has 0 aliphatic carbocycles. The second-order valence-corrected chi connectivity index (χ2v) is 5.15. The van der Waals surface area contributed by atoms with E-state index in [1.165, 1.54) is 11.3 Å². The molecule has 0 fully saturated rings. The molecule has 94 valence electrons. The predicted molar refractivity (Wildman–Crippen MR) is 74.2 cm³/mol. The highest BCUT2D eigenvalue weighted by Crippen LogP contribution is 2.17. The Morgan fingerprint density at radius 3 is 2.89 bits per heavy atom. The van der Waals surface area contributed by atoms with Gasteiger partial charge in [0.1, 0.15) is 19.0 Å². The Balaban J connectivity index is 1.72. The van der Waals surface area contributed by atoms with Gasteiger partial charge in [-0.25, -0.2) is 4.79 Å². The van der Waals surface area contributed by atoms with Gasteiger partial charge in [0.05, 0.1) is 5.56 Å². The monoisotopic (exact) mass is 326 g/mol. The van der Waals surface area contributed by atoms with E-state index in [2.05, 4.69) is 15.9 Å². The molecule has 0 N–H and O–H groups in total. The molecule has 1 heterocycles. The molecular formula is C13H11BrO3S. The van der Waals surface area contributed by atoms with Crippen LogP contribution >= 0.6 is 27.3 Å². The number of esters is 1. The number of carbonyl (C=O) groups is 1. The highest BCUT2D eigenvalue weighted by atomic mass is 79.9. The van der Waals surface area contributed by atoms with E-state index in [-0.39, 0.29) is 12.6 Å². The number of rotatable bonds is 5. The lowest BCUT2D eigenvalue weighted by Gasteiger charge is -2.07. The van der Waals surface area contributed by atoms with Crippen molar-refractivity contribution in [2.45, 2.75) is 0 Å². The number of hydrogen-bond acceptors (Lipinski definition) is 4. The molecule has 2 rings (SSSR count). The minimum Gasteiger partial charge on any atom is -0.490 e. The molecule has 0 aliphatic rings. The molecule has 3 nitrogen and oxygen atoms in total. The fourth-order valence-corrected chi connectivity index (χ4v) is 2.32. The van der Waals surface area contributed by atoms with E-state index in [0.717, 1.165) is 10.2 Å². The number of carbonyl (C=O) groups excluding carboxylic acids is 1. The lowest BCUT2D eigenvalue weighted by molar-refractivity contribution is 0.0451. The van der Waals surface area contributed by atoms with E-state index in [0.29, 0.717) is 12.2 Å². The maximum atomic E-state index is 11.5. The first kappa shape index (κ1) is 13.1. The molecule has 0 unspecified atom stereocenters. The summed E-state index contributed by atoms with van der Waals surface area (Å²) in [6, 6.07) is 9.26. The van der Waals surface area contributed by atoms with Gasteiger partial charge in [-0.2, -0.15) is 11.3 Å². The van der Waals surface area contributed by atoms with Gasteiger partial charge in [0.25, 0.3) is 0 Å². The SMILES string of the molecule is O=C(OCCOc1cccc(Br)c1)c1ccsc1. The van der Waals surface area contributed by atoms with E-state index in [4.69, 9.17) is 9.47 Å². The number of thiophene rings is 1. The predicted octanol–water partition coefficient (Wildman–Crippen LogP) is 3.75. The lowest BCUT2D eigenvalue weighted by atomic mass is 10.3. The summed E-state index contributed by atoms with van der Waals surface area (Å²) < 4.78 is 11.5. The fraction of sp³-hybridized carbons (Fsp3) is 0.154. The van der Waals surface area contributed by atoms with E-state index in [1.807, 2.05) is 29.6 Å². The summed E-state index contributed by atoms with van der Waals surface area (Å²) in [6.07, 6.45) is 0. The van der Waals surface area contributed by atoms with Crippen LogP contribution in [-0.4, -0.2) is 19.2 Å². The molecule has 0 spiro atoms. The molecule has 1 aromatic heterocycles. The van der Waals surface area contributed by atoms with Crippen LogP contribution in [0.2, 0.25) is 0 Å². The first-order valence-corrected chi connectivity index (χ1v) is 7.07. The van der Waals surface area contributed by atoms with Gasteiger partial charge in [0.2, 0.25) is 0 Å². The quantitative estimate of drug-likeness (QED) is 0.620. The smallest absolute Gasteiger partial charge is 0.339 e. The molecule has 0 atom stereocenters. The lowest BCUT2D eigenvalue weighted by Crippen LogP contribution is -2.11. The molecular weight excluding hydrogens is 316 g/mol. The van der Waals surface area contributed by atoms with E-state index in [1.54, 1.807) is 11.4 Å². The topological polar surface area (TPSA) is 35.5 Å². The van der Waals surface area contributed by atoms with Gasteiger partial charge in [-0.15, -0.1) is 0 Å². The third-order valence-corrected chi connectivity index (χ3v) is 3.31. The van der Waals surface area contributed by atoms with Gasteiger partial charge < -0.3 is 9.47 Å². The number of benzene rings is 1. The molecule has 1 aromatic carbocycles. The number of hydrogen-bond donors (Lipinski definition) is 0. The molecule has 0 radical (unpaired) electrons. The van der Waals surface area contributed by atoms with Crippen LogP contribution in [0.5, 0.6) is 5.75 Å². The Kier molecular flexibility index (Phi) is 4.78. The second kappa shape index (κ2) is 6.56. The summed E-state index contributed by atoms with van der Waals surface area (Å²) in [7, 11) is 0. The second-order valence-electron chi connectivity index (χ2n) is 3.45. The minimum atomic E-state index is -0.311. The van der Waals surface area contributed by atoms with Crippen LogP contribution in [0.3, 0.4) is 0 Å². The zero-order chi connectivity index (χ0) is 12.8. The Morgan fingerprint density at radius 2 is 2.17 bits per heavy atom. The van der Waals surface area contributed by atoms with Gasteiger partial charge in [0, 0.05) is 9.85 Å². The van der Waals surface area contributed by atoms with Crippen LogP contribution in [0.1, 0.15) is 10.4 Å². The maximum Gasteiger partial charge on any atom is 0.339 e. The van der Waals surface area contributed by atoms with Crippen molar-refractivity contribution in [3.63, 3.8) is 0 Å². The van der Waals surface area contributed by atoms with Gasteiger partial charge in [0.15, 0.2) is 0 Å². The van der Waals surface area contributed by atoms with Crippen molar-refractivity contribution in [2.24, 2.45) is 0 Å². The van der Waals surface area contributed by atoms with Crippen molar-refractivity contribution in [1.82, 2.24) is 0 Å². The third-order valence-electron chi connectivity index (χ3n) is 2.14. The van der Waals surface area contributed by atoms with E-state index < -0.39 is 0 Å². The molecule has 0 saturated heterocycles. The Bertz CT molecular complexity index is 511. The first-order valence-electron chi connectivity index (χ1n) is 5.33. The highest BCUT2D eigenvalue weighted by molar-refractivity contribution is 9.10. The average molecular weight is 327 g/mol. The summed E-state index contributed by atoms with van der Waals surface area (Å²) in [5.41, 5.74) is 0.586. The van der Waals surface area contributed by atoms with Gasteiger partial charge in [-0.1, -0.05) is 22.0 Å². The van der Waals surface area contributed by atoms with Gasteiger partial charge in [-0.05, 0) is 29.6 Å². The Morgan fingerprint density at radius 1 is 1.28 bits per heavy atom. The summed E-state index contributed by atoms with van der Waals surface area (Å²) >= 11 is 4.82. The Hall–Kier alpha value is -1.33. The first-order chi connectivity index (χ1) is 8.75. The largest absolute Gasteiger partial charge is 0.490 e. The van der Waals surface area contributed by atoms with Crippen LogP contribution in [0, 0.1) is 0 Å². The van der Waals surface area contributed by atoms with E-state index in [9.17, 15) is 4.79 Å². The Labute approximate surface area is 117 Å². The zero-order valence-corrected chi connectivity index (χ0v) is 11.9. The molecule has 0 saturated carbocycles. The normalized spacial score (nSPS) is 10.1. The van der Waals surface area contributed by atoms with Crippen LogP contribution in [-0.2, 0) is 4.74 Å². The minimum absolute atomic E-state index is 0.237.